The van der Waals surface area contributed by atoms with Gasteiger partial charge in [0.1, 0.15) is 15.9 Å². The molecule has 0 atom stereocenters. The molecule has 0 radical (unpaired) electrons. The lowest BCUT2D eigenvalue weighted by molar-refractivity contribution is -0.323. The number of aromatic nitrogens is 4. The van der Waals surface area contributed by atoms with Crippen LogP contribution in [0.4, 0.5) is 5.82 Å². The van der Waals surface area contributed by atoms with Crippen LogP contribution in [0, 0.1) is 0 Å². The van der Waals surface area contributed by atoms with Crippen LogP contribution in [0.3, 0.4) is 0 Å². The van der Waals surface area contributed by atoms with Crippen molar-refractivity contribution in [2.75, 3.05) is 5.73 Å². The summed E-state index contributed by atoms with van der Waals surface area (Å²) in [5.74, 6) is -2.05. The Hall–Kier alpha value is -2.85. The fraction of sp³-hybridized carbons (Fsp3) is 0.150. The van der Waals surface area contributed by atoms with E-state index in [1.165, 1.54) is 12.1 Å². The van der Waals surface area contributed by atoms with Gasteiger partial charge in [0, 0.05) is 17.4 Å². The van der Waals surface area contributed by atoms with Crippen molar-refractivity contribution in [1.29, 1.82) is 0 Å². The van der Waals surface area contributed by atoms with Gasteiger partial charge in [0.15, 0.2) is 11.5 Å². The van der Waals surface area contributed by atoms with Crippen LogP contribution >= 0.6 is 15.9 Å². The molecule has 8 nitrogen and oxygen atoms in total. The van der Waals surface area contributed by atoms with Crippen molar-refractivity contribution in [1.82, 2.24) is 19.5 Å². The van der Waals surface area contributed by atoms with Gasteiger partial charge in [0.2, 0.25) is 0 Å². The third kappa shape index (κ3) is 4.13. The van der Waals surface area contributed by atoms with E-state index in [1.807, 2.05) is 26.0 Å². The average molecular weight is 458 g/mol. The third-order valence-corrected chi connectivity index (χ3v) is 4.50. The minimum atomic E-state index is -2.91. The van der Waals surface area contributed by atoms with E-state index in [-0.39, 0.29) is 5.56 Å². The Kier molecular flexibility index (Phi) is 5.94. The highest BCUT2D eigenvalue weighted by molar-refractivity contribution is 9.10. The second-order valence-corrected chi connectivity index (χ2v) is 6.68. The van der Waals surface area contributed by atoms with E-state index in [2.05, 4.69) is 30.9 Å². The lowest BCUT2D eigenvalue weighted by Crippen LogP contribution is -2.23. The summed E-state index contributed by atoms with van der Waals surface area (Å²) >= 11 is 3.37. The molecule has 3 heterocycles. The monoisotopic (exact) mass is 457 g/mol. The number of halogens is 1. The summed E-state index contributed by atoms with van der Waals surface area (Å²) in [6, 6.07) is 13.2. The van der Waals surface area contributed by atoms with Crippen LogP contribution in [0.15, 0.2) is 59.3 Å². The van der Waals surface area contributed by atoms with E-state index in [1.54, 1.807) is 35.0 Å². The molecule has 0 unspecified atom stereocenters. The van der Waals surface area contributed by atoms with E-state index in [9.17, 15) is 15.3 Å². The van der Waals surface area contributed by atoms with Crippen molar-refractivity contribution in [3.63, 3.8) is 0 Å². The molecule has 9 heteroatoms. The number of nitrogen functional groups attached to an aromatic ring is 1. The van der Waals surface area contributed by atoms with Gasteiger partial charge >= 0.3 is 5.97 Å². The summed E-state index contributed by atoms with van der Waals surface area (Å²) < 4.78 is 2.42. The number of nitrogens with two attached hydrogens (primary N) is 1. The average Bonchev–Trinajstić information content (AvgIpc) is 3.07. The second kappa shape index (κ2) is 8.26. The van der Waals surface area contributed by atoms with E-state index >= 15 is 0 Å². The number of anilines is 1. The molecule has 0 aliphatic heterocycles. The summed E-state index contributed by atoms with van der Waals surface area (Å²) in [5.41, 5.74) is 8.50. The number of imidazole rings is 1. The van der Waals surface area contributed by atoms with Gasteiger partial charge < -0.3 is 21.1 Å². The summed E-state index contributed by atoms with van der Waals surface area (Å²) in [6.45, 7) is 4.00. The summed E-state index contributed by atoms with van der Waals surface area (Å²) in [7, 11) is 0. The van der Waals surface area contributed by atoms with E-state index in [0.717, 1.165) is 0 Å². The van der Waals surface area contributed by atoms with Crippen molar-refractivity contribution in [2.45, 2.75) is 19.8 Å². The summed E-state index contributed by atoms with van der Waals surface area (Å²) in [5, 5.41) is 28.0. The van der Waals surface area contributed by atoms with Crippen molar-refractivity contribution < 1.29 is 15.3 Å². The normalized spacial score (nSPS) is 11.2. The van der Waals surface area contributed by atoms with Crippen molar-refractivity contribution in [3.8, 4) is 17.1 Å². The standard InChI is InChI=1S/C18H14BrN5O3.C2H6/c19-14-8-7-13-17(23-14)24(11-5-3-10(4-6-11)18(25,26)27)16(22-13)12-2-1-9-21-15(12)20;1-2/h1-9,25-27H,(H2,20,21);1-2H3. The van der Waals surface area contributed by atoms with Gasteiger partial charge in [-0.05, 0) is 64.5 Å². The fourth-order valence-corrected chi connectivity index (χ4v) is 3.10. The van der Waals surface area contributed by atoms with Crippen LogP contribution < -0.4 is 5.73 Å². The Morgan fingerprint density at radius 2 is 1.66 bits per heavy atom. The zero-order valence-corrected chi connectivity index (χ0v) is 17.4. The van der Waals surface area contributed by atoms with Crippen molar-refractivity contribution in [2.24, 2.45) is 0 Å². The molecule has 150 valence electrons. The van der Waals surface area contributed by atoms with Crippen molar-refractivity contribution in [3.05, 3.63) is 64.9 Å². The predicted octanol–water partition coefficient (Wildman–Crippen LogP) is 2.94. The molecule has 0 saturated heterocycles. The minimum Gasteiger partial charge on any atom is -0.383 e. The first-order valence-corrected chi connectivity index (χ1v) is 9.68. The van der Waals surface area contributed by atoms with E-state index in [4.69, 9.17) is 5.73 Å². The van der Waals surface area contributed by atoms with Gasteiger partial charge in [-0.15, -0.1) is 0 Å². The van der Waals surface area contributed by atoms with Gasteiger partial charge in [-0.2, -0.15) is 0 Å². The topological polar surface area (TPSA) is 130 Å². The molecule has 0 aliphatic rings. The van der Waals surface area contributed by atoms with Gasteiger partial charge in [-0.3, -0.25) is 4.57 Å². The lowest BCUT2D eigenvalue weighted by Gasteiger charge is -2.15. The third-order valence-electron chi connectivity index (χ3n) is 4.06. The first-order valence-electron chi connectivity index (χ1n) is 8.88. The van der Waals surface area contributed by atoms with E-state index in [0.29, 0.717) is 38.7 Å². The van der Waals surface area contributed by atoms with Crippen LogP contribution in [0.5, 0.6) is 0 Å². The molecule has 3 aromatic heterocycles. The molecule has 4 rings (SSSR count). The molecule has 0 fully saturated rings. The number of hydrogen-bond donors (Lipinski definition) is 4. The molecule has 4 aromatic rings. The minimum absolute atomic E-state index is 0.0627. The summed E-state index contributed by atoms with van der Waals surface area (Å²) in [4.78, 5) is 13.3. The first kappa shape index (κ1) is 20.9. The first-order chi connectivity index (χ1) is 13.8. The number of fused-ring (bicyclic) bond motifs is 1. The maximum Gasteiger partial charge on any atom is 0.304 e. The summed E-state index contributed by atoms with van der Waals surface area (Å²) in [6.07, 6.45) is 1.60. The molecule has 5 N–H and O–H groups in total. The number of pyridine rings is 2. The van der Waals surface area contributed by atoms with Gasteiger partial charge in [0.25, 0.3) is 0 Å². The Balaban J connectivity index is 0.00000117. The van der Waals surface area contributed by atoms with Crippen molar-refractivity contribution >= 4 is 32.9 Å². The zero-order valence-electron chi connectivity index (χ0n) is 15.8. The van der Waals surface area contributed by atoms with Crippen LogP contribution in [0.2, 0.25) is 0 Å². The smallest absolute Gasteiger partial charge is 0.304 e. The molecule has 0 bridgehead atoms. The van der Waals surface area contributed by atoms with Gasteiger partial charge in [0.05, 0.1) is 5.56 Å². The number of benzene rings is 1. The highest BCUT2D eigenvalue weighted by Gasteiger charge is 2.22. The highest BCUT2D eigenvalue weighted by Crippen LogP contribution is 2.31. The Morgan fingerprint density at radius 3 is 2.28 bits per heavy atom. The lowest BCUT2D eigenvalue weighted by atomic mass is 10.1. The van der Waals surface area contributed by atoms with Crippen LogP contribution in [0.25, 0.3) is 28.2 Å². The number of rotatable bonds is 3. The predicted molar refractivity (Wildman–Crippen MR) is 114 cm³/mol. The largest absolute Gasteiger partial charge is 0.383 e. The van der Waals surface area contributed by atoms with Crippen LogP contribution in [-0.2, 0) is 5.97 Å². The van der Waals surface area contributed by atoms with Crippen LogP contribution in [0.1, 0.15) is 19.4 Å². The SMILES string of the molecule is CC.Nc1ncccc1-c1nc2ccc(Br)nc2n1-c1ccc(C(O)(O)O)cc1. The maximum atomic E-state index is 9.34. The molecule has 0 spiro atoms. The number of nitrogens with zero attached hydrogens (tertiary/aromatic N) is 4. The molecule has 0 aliphatic carbocycles. The fourth-order valence-electron chi connectivity index (χ4n) is 2.80. The molecule has 0 saturated carbocycles. The molecule has 0 amide bonds. The number of aliphatic hydroxyl groups is 3. The Bertz CT molecular complexity index is 1140. The second-order valence-electron chi connectivity index (χ2n) is 5.87. The molecule has 29 heavy (non-hydrogen) atoms. The Morgan fingerprint density at radius 1 is 0.966 bits per heavy atom. The zero-order chi connectivity index (χ0) is 21.2. The highest BCUT2D eigenvalue weighted by atomic mass is 79.9. The number of hydrogen-bond acceptors (Lipinski definition) is 7. The van der Waals surface area contributed by atoms with Gasteiger partial charge in [-0.1, -0.05) is 13.8 Å². The van der Waals surface area contributed by atoms with Gasteiger partial charge in [-0.25, -0.2) is 15.0 Å². The molecule has 1 aromatic carbocycles. The molecular formula is C20H20BrN5O3. The van der Waals surface area contributed by atoms with Crippen LogP contribution in [-0.4, -0.2) is 34.8 Å². The molecular weight excluding hydrogens is 438 g/mol. The Labute approximate surface area is 175 Å². The quantitative estimate of drug-likeness (QED) is 0.274. The maximum absolute atomic E-state index is 9.34. The van der Waals surface area contributed by atoms with E-state index < -0.39 is 5.97 Å².